The predicted molar refractivity (Wildman–Crippen MR) is 116 cm³/mol. The number of fused-ring (bicyclic) bond motifs is 6. The quantitative estimate of drug-likeness (QED) is 0.414. The number of pyridine rings is 2. The highest BCUT2D eigenvalue weighted by Crippen LogP contribution is 2.45. The first kappa shape index (κ1) is 22.2. The number of aryl methyl sites for hydroxylation is 1. The summed E-state index contributed by atoms with van der Waals surface area (Å²) < 4.78 is 63.4. The van der Waals surface area contributed by atoms with Gasteiger partial charge in [-0.3, -0.25) is 9.20 Å². The van der Waals surface area contributed by atoms with Gasteiger partial charge in [-0.15, -0.1) is 13.2 Å². The van der Waals surface area contributed by atoms with Crippen molar-refractivity contribution in [2.75, 3.05) is 12.3 Å². The number of anilines is 1. The molecule has 0 saturated carbocycles. The van der Waals surface area contributed by atoms with E-state index < -0.39 is 36.1 Å². The number of nitrogens with zero attached hydrogens (tertiary/aromatic N) is 6. The van der Waals surface area contributed by atoms with E-state index in [2.05, 4.69) is 24.7 Å². The van der Waals surface area contributed by atoms with Crippen LogP contribution in [0.2, 0.25) is 0 Å². The second kappa shape index (κ2) is 7.63. The summed E-state index contributed by atoms with van der Waals surface area (Å²) in [5.74, 6) is -2.29. The SMILES string of the molecule is Cc1ncc2c(N)nc3cnc(C(=O)N4CCC[C@@H]5Oc6nc(OC(F)(F)F)c(F)cc6[C@@H]54)cc3n12. The van der Waals surface area contributed by atoms with Crippen molar-refractivity contribution in [3.8, 4) is 11.8 Å². The van der Waals surface area contributed by atoms with Crippen LogP contribution in [0.1, 0.15) is 40.8 Å². The first-order valence-corrected chi connectivity index (χ1v) is 10.9. The number of nitrogen functional groups attached to an aromatic ring is 1. The summed E-state index contributed by atoms with van der Waals surface area (Å²) in [7, 11) is 0. The number of imidazole rings is 1. The second-order valence-corrected chi connectivity index (χ2v) is 8.54. The van der Waals surface area contributed by atoms with E-state index in [1.165, 1.54) is 11.1 Å². The average molecular weight is 503 g/mol. The van der Waals surface area contributed by atoms with Crippen LogP contribution < -0.4 is 15.2 Å². The molecule has 0 bridgehead atoms. The van der Waals surface area contributed by atoms with Gasteiger partial charge in [-0.25, -0.2) is 19.3 Å². The van der Waals surface area contributed by atoms with Crippen molar-refractivity contribution >= 4 is 28.3 Å². The minimum Gasteiger partial charge on any atom is -0.471 e. The molecular formula is C22H17F4N7O3. The third-order valence-electron chi connectivity index (χ3n) is 6.33. The molecular weight excluding hydrogens is 486 g/mol. The lowest BCUT2D eigenvalue weighted by Gasteiger charge is -2.36. The lowest BCUT2D eigenvalue weighted by atomic mass is 9.94. The molecule has 36 heavy (non-hydrogen) atoms. The van der Waals surface area contributed by atoms with E-state index >= 15 is 0 Å². The predicted octanol–water partition coefficient (Wildman–Crippen LogP) is 3.34. The number of ether oxygens (including phenoxy) is 2. The molecule has 0 unspecified atom stereocenters. The summed E-state index contributed by atoms with van der Waals surface area (Å²) >= 11 is 0. The van der Waals surface area contributed by atoms with Crippen molar-refractivity contribution in [1.29, 1.82) is 0 Å². The summed E-state index contributed by atoms with van der Waals surface area (Å²) in [6, 6.07) is 1.70. The van der Waals surface area contributed by atoms with Gasteiger partial charge in [-0.05, 0) is 31.9 Å². The Labute approximate surface area is 199 Å². The number of hydrogen-bond acceptors (Lipinski definition) is 8. The number of alkyl halides is 3. The molecule has 0 aromatic carbocycles. The maximum atomic E-state index is 14.5. The van der Waals surface area contributed by atoms with Crippen LogP contribution in [0.15, 0.2) is 24.5 Å². The Morgan fingerprint density at radius 2 is 2.00 bits per heavy atom. The van der Waals surface area contributed by atoms with Gasteiger partial charge in [0.15, 0.2) is 5.82 Å². The van der Waals surface area contributed by atoms with E-state index in [0.717, 1.165) is 6.07 Å². The van der Waals surface area contributed by atoms with Crippen LogP contribution in [0.25, 0.3) is 16.6 Å². The van der Waals surface area contributed by atoms with E-state index in [1.807, 2.05) is 0 Å². The molecule has 6 heterocycles. The van der Waals surface area contributed by atoms with Gasteiger partial charge in [0.05, 0.1) is 24.0 Å². The van der Waals surface area contributed by atoms with Gasteiger partial charge in [-0.2, -0.15) is 4.98 Å². The number of amides is 1. The van der Waals surface area contributed by atoms with Crippen molar-refractivity contribution in [2.45, 2.75) is 38.3 Å². The highest BCUT2D eigenvalue weighted by molar-refractivity contribution is 5.96. The minimum absolute atomic E-state index is 0.100. The summed E-state index contributed by atoms with van der Waals surface area (Å²) in [6.07, 6.45) is -1.64. The highest BCUT2D eigenvalue weighted by Gasteiger charge is 2.45. The molecule has 0 radical (unpaired) electrons. The second-order valence-electron chi connectivity index (χ2n) is 8.54. The van der Waals surface area contributed by atoms with Crippen molar-refractivity contribution < 1.29 is 31.8 Å². The molecule has 1 amide bonds. The van der Waals surface area contributed by atoms with Gasteiger partial charge in [0.2, 0.25) is 5.88 Å². The van der Waals surface area contributed by atoms with Gasteiger partial charge in [-0.1, -0.05) is 0 Å². The number of hydrogen-bond donors (Lipinski definition) is 1. The molecule has 2 N–H and O–H groups in total. The molecule has 0 spiro atoms. The summed E-state index contributed by atoms with van der Waals surface area (Å²) in [5.41, 5.74) is 7.91. The molecule has 0 aliphatic carbocycles. The standard InChI is InChI=1S/C22H17F4N7O3/c1-9-28-8-15-18(27)30-13-7-29-12(6-14(13)33(9)15)21(34)32-4-2-3-16-17(32)10-5-11(23)20(31-19(10)35-16)36-22(24,25)26/h5-8,16-17H,2-4H2,1H3,(H2,27,30)/t16-,17-/m0/s1. The van der Waals surface area contributed by atoms with E-state index in [-0.39, 0.29) is 23.0 Å². The zero-order valence-electron chi connectivity index (χ0n) is 18.6. The van der Waals surface area contributed by atoms with Crippen molar-refractivity contribution in [2.24, 2.45) is 0 Å². The Kier molecular flexibility index (Phi) is 4.72. The number of aromatic nitrogens is 5. The lowest BCUT2D eigenvalue weighted by Crippen LogP contribution is -2.44. The zero-order chi connectivity index (χ0) is 25.4. The lowest BCUT2D eigenvalue weighted by molar-refractivity contribution is -0.277. The average Bonchev–Trinajstić information content (AvgIpc) is 3.38. The Balaban J connectivity index is 1.39. The van der Waals surface area contributed by atoms with Gasteiger partial charge < -0.3 is 20.1 Å². The van der Waals surface area contributed by atoms with Crippen molar-refractivity contribution in [3.63, 3.8) is 0 Å². The molecule has 186 valence electrons. The van der Waals surface area contributed by atoms with E-state index in [4.69, 9.17) is 10.5 Å². The third kappa shape index (κ3) is 3.43. The number of likely N-dealkylation sites (tertiary alicyclic amines) is 1. The van der Waals surface area contributed by atoms with Crippen LogP contribution in [-0.4, -0.2) is 54.2 Å². The number of carbonyl (C=O) groups is 1. The molecule has 4 aromatic heterocycles. The highest BCUT2D eigenvalue weighted by atomic mass is 19.4. The van der Waals surface area contributed by atoms with Gasteiger partial charge in [0, 0.05) is 12.1 Å². The molecule has 6 rings (SSSR count). The first-order chi connectivity index (χ1) is 17.1. The summed E-state index contributed by atoms with van der Waals surface area (Å²) in [5, 5.41) is 0. The minimum atomic E-state index is -5.12. The van der Waals surface area contributed by atoms with Gasteiger partial charge in [0.1, 0.15) is 34.5 Å². The third-order valence-corrected chi connectivity index (χ3v) is 6.33. The summed E-state index contributed by atoms with van der Waals surface area (Å²) in [4.78, 5) is 31.5. The number of nitrogens with two attached hydrogens (primary N) is 1. The topological polar surface area (TPSA) is 121 Å². The van der Waals surface area contributed by atoms with E-state index in [0.29, 0.717) is 41.8 Å². The van der Waals surface area contributed by atoms with Crippen LogP contribution >= 0.6 is 0 Å². The van der Waals surface area contributed by atoms with E-state index in [9.17, 15) is 22.4 Å². The summed E-state index contributed by atoms with van der Waals surface area (Å²) in [6.45, 7) is 2.10. The number of rotatable bonds is 2. The monoisotopic (exact) mass is 503 g/mol. The molecule has 4 aromatic rings. The smallest absolute Gasteiger partial charge is 0.471 e. The maximum absolute atomic E-state index is 14.5. The van der Waals surface area contributed by atoms with Crippen LogP contribution in [0.5, 0.6) is 11.8 Å². The van der Waals surface area contributed by atoms with Crippen molar-refractivity contribution in [1.82, 2.24) is 29.2 Å². The number of piperidine rings is 1. The molecule has 14 heteroatoms. The maximum Gasteiger partial charge on any atom is 0.574 e. The Hall–Kier alpha value is -4.23. The molecule has 2 aliphatic heterocycles. The Morgan fingerprint density at radius 1 is 1.19 bits per heavy atom. The molecule has 2 atom stereocenters. The van der Waals surface area contributed by atoms with Crippen LogP contribution in [-0.2, 0) is 0 Å². The van der Waals surface area contributed by atoms with Gasteiger partial charge in [0.25, 0.3) is 11.8 Å². The van der Waals surface area contributed by atoms with Gasteiger partial charge >= 0.3 is 6.36 Å². The van der Waals surface area contributed by atoms with Crippen molar-refractivity contribution in [3.05, 3.63) is 47.4 Å². The Morgan fingerprint density at radius 3 is 2.78 bits per heavy atom. The normalized spacial score (nSPS) is 19.3. The largest absolute Gasteiger partial charge is 0.574 e. The van der Waals surface area contributed by atoms with E-state index in [1.54, 1.807) is 23.6 Å². The number of carbonyl (C=O) groups excluding carboxylic acids is 1. The first-order valence-electron chi connectivity index (χ1n) is 10.9. The fourth-order valence-corrected chi connectivity index (χ4v) is 4.86. The molecule has 10 nitrogen and oxygen atoms in total. The van der Waals surface area contributed by atoms with Crippen LogP contribution in [0.3, 0.4) is 0 Å². The van der Waals surface area contributed by atoms with Crippen LogP contribution in [0.4, 0.5) is 23.4 Å². The molecule has 1 saturated heterocycles. The Bertz CT molecular complexity index is 1550. The zero-order valence-corrected chi connectivity index (χ0v) is 18.6. The number of halogens is 4. The fourth-order valence-electron chi connectivity index (χ4n) is 4.86. The molecule has 1 fully saturated rings. The molecule has 2 aliphatic rings. The fraction of sp³-hybridized carbons (Fsp3) is 0.318. The van der Waals surface area contributed by atoms with Crippen LogP contribution in [0, 0.1) is 12.7 Å².